The van der Waals surface area contributed by atoms with E-state index in [9.17, 15) is 4.79 Å². The van der Waals surface area contributed by atoms with Crippen LogP contribution in [0.5, 0.6) is 0 Å². The van der Waals surface area contributed by atoms with Crippen LogP contribution in [-0.2, 0) is 11.3 Å². The molecule has 4 nitrogen and oxygen atoms in total. The fourth-order valence-corrected chi connectivity index (χ4v) is 2.16. The molecule has 1 fully saturated rings. The molecule has 0 radical (unpaired) electrons. The van der Waals surface area contributed by atoms with Crippen LogP contribution in [-0.4, -0.2) is 29.7 Å². The van der Waals surface area contributed by atoms with Crippen LogP contribution in [0.25, 0.3) is 0 Å². The van der Waals surface area contributed by atoms with E-state index in [0.717, 1.165) is 5.56 Å². The van der Waals surface area contributed by atoms with Gasteiger partial charge in [-0.1, -0.05) is 29.8 Å². The first-order chi connectivity index (χ1) is 8.11. The Balaban J connectivity index is 1.97. The molecule has 1 heterocycles. The maximum Gasteiger partial charge on any atom is 0.305 e. The summed E-state index contributed by atoms with van der Waals surface area (Å²) in [4.78, 5) is 10.8. The Morgan fingerprint density at radius 2 is 2.18 bits per heavy atom. The van der Waals surface area contributed by atoms with E-state index in [0.29, 0.717) is 24.7 Å². The van der Waals surface area contributed by atoms with E-state index in [4.69, 9.17) is 16.7 Å². The Morgan fingerprint density at radius 3 is 2.71 bits per heavy atom. The summed E-state index contributed by atoms with van der Waals surface area (Å²) in [7, 11) is 0. The number of benzene rings is 1. The highest BCUT2D eigenvalue weighted by Gasteiger charge is 2.38. The van der Waals surface area contributed by atoms with Crippen LogP contribution in [0, 0.1) is 0 Å². The largest absolute Gasteiger partial charge is 0.481 e. The van der Waals surface area contributed by atoms with Crippen LogP contribution in [0.15, 0.2) is 24.3 Å². The minimum atomic E-state index is -0.779. The van der Waals surface area contributed by atoms with Gasteiger partial charge in [-0.15, -0.1) is 0 Å². The average Bonchev–Trinajstić information content (AvgIpc) is 2.23. The smallest absolute Gasteiger partial charge is 0.305 e. The van der Waals surface area contributed by atoms with Crippen molar-refractivity contribution in [1.82, 2.24) is 10.6 Å². The van der Waals surface area contributed by atoms with Crippen molar-refractivity contribution in [1.29, 1.82) is 0 Å². The number of hydrogen-bond acceptors (Lipinski definition) is 3. The minimum Gasteiger partial charge on any atom is -0.481 e. The summed E-state index contributed by atoms with van der Waals surface area (Å²) in [6.07, 6.45) is 0.129. The molecule has 0 aromatic heterocycles. The Labute approximate surface area is 105 Å². The molecule has 1 saturated heterocycles. The van der Waals surface area contributed by atoms with Gasteiger partial charge in [-0.2, -0.15) is 0 Å². The van der Waals surface area contributed by atoms with Crippen molar-refractivity contribution in [2.75, 3.05) is 13.1 Å². The summed E-state index contributed by atoms with van der Waals surface area (Å²) < 4.78 is 0. The summed E-state index contributed by atoms with van der Waals surface area (Å²) in [6, 6.07) is 7.58. The number of carbonyl (C=O) groups is 1. The van der Waals surface area contributed by atoms with Gasteiger partial charge in [0.15, 0.2) is 0 Å². The highest BCUT2D eigenvalue weighted by molar-refractivity contribution is 6.31. The molecule has 3 N–H and O–H groups in total. The third-order valence-electron chi connectivity index (χ3n) is 3.03. The Kier molecular flexibility index (Phi) is 3.66. The number of hydrogen-bond donors (Lipinski definition) is 3. The molecule has 0 aliphatic carbocycles. The lowest BCUT2D eigenvalue weighted by molar-refractivity contribution is -0.139. The predicted molar refractivity (Wildman–Crippen MR) is 66.1 cm³/mol. The van der Waals surface area contributed by atoms with Crippen LogP contribution < -0.4 is 10.6 Å². The number of rotatable bonds is 5. The second kappa shape index (κ2) is 5.04. The summed E-state index contributed by atoms with van der Waals surface area (Å²) >= 11 is 6.05. The van der Waals surface area contributed by atoms with Crippen molar-refractivity contribution in [2.24, 2.45) is 0 Å². The van der Waals surface area contributed by atoms with Crippen LogP contribution in [0.2, 0.25) is 5.02 Å². The van der Waals surface area contributed by atoms with E-state index in [2.05, 4.69) is 10.6 Å². The third-order valence-corrected chi connectivity index (χ3v) is 3.40. The van der Waals surface area contributed by atoms with Crippen molar-refractivity contribution in [3.63, 3.8) is 0 Å². The number of carboxylic acids is 1. The number of aliphatic carboxylic acids is 1. The fraction of sp³-hybridized carbons (Fsp3) is 0.417. The van der Waals surface area contributed by atoms with E-state index in [1.165, 1.54) is 0 Å². The summed E-state index contributed by atoms with van der Waals surface area (Å²) in [6.45, 7) is 1.96. The van der Waals surface area contributed by atoms with Gasteiger partial charge >= 0.3 is 5.97 Å². The molecule has 1 aromatic carbocycles. The SMILES string of the molecule is O=C(O)CC1(NCc2ccccc2Cl)CNC1. The first-order valence-electron chi connectivity index (χ1n) is 5.52. The van der Waals surface area contributed by atoms with Crippen LogP contribution in [0.3, 0.4) is 0 Å². The molecular formula is C12H15ClN2O2. The molecule has 17 heavy (non-hydrogen) atoms. The molecule has 0 unspecified atom stereocenters. The van der Waals surface area contributed by atoms with Crippen molar-refractivity contribution in [3.05, 3.63) is 34.9 Å². The molecule has 92 valence electrons. The molecule has 1 aromatic rings. The number of halogens is 1. The summed E-state index contributed by atoms with van der Waals surface area (Å²) in [5, 5.41) is 16.0. The molecule has 5 heteroatoms. The van der Waals surface area contributed by atoms with Gasteiger partial charge in [0.25, 0.3) is 0 Å². The maximum atomic E-state index is 10.8. The van der Waals surface area contributed by atoms with Crippen molar-refractivity contribution < 1.29 is 9.90 Å². The van der Waals surface area contributed by atoms with Gasteiger partial charge in [-0.3, -0.25) is 4.79 Å². The zero-order valence-electron chi connectivity index (χ0n) is 9.37. The van der Waals surface area contributed by atoms with Crippen molar-refractivity contribution >= 4 is 17.6 Å². The number of carboxylic acid groups (broad SMARTS) is 1. The summed E-state index contributed by atoms with van der Waals surface area (Å²) in [5.74, 6) is -0.779. The van der Waals surface area contributed by atoms with Crippen molar-refractivity contribution in [3.8, 4) is 0 Å². The van der Waals surface area contributed by atoms with E-state index in [1.807, 2.05) is 24.3 Å². The van der Waals surface area contributed by atoms with Crippen LogP contribution in [0.1, 0.15) is 12.0 Å². The quantitative estimate of drug-likeness (QED) is 0.740. The van der Waals surface area contributed by atoms with Gasteiger partial charge < -0.3 is 15.7 Å². The van der Waals surface area contributed by atoms with Gasteiger partial charge in [0.1, 0.15) is 0 Å². The standard InChI is InChI=1S/C12H15ClN2O2/c13-10-4-2-1-3-9(10)6-15-12(5-11(16)17)7-14-8-12/h1-4,14-15H,5-8H2,(H,16,17). The minimum absolute atomic E-state index is 0.129. The molecular weight excluding hydrogens is 240 g/mol. The average molecular weight is 255 g/mol. The lowest BCUT2D eigenvalue weighted by Crippen LogP contribution is -2.68. The Morgan fingerprint density at radius 1 is 1.47 bits per heavy atom. The molecule has 0 bridgehead atoms. The van der Waals surface area contributed by atoms with E-state index in [1.54, 1.807) is 0 Å². The second-order valence-electron chi connectivity index (χ2n) is 4.40. The van der Waals surface area contributed by atoms with Crippen LogP contribution in [0.4, 0.5) is 0 Å². The second-order valence-corrected chi connectivity index (χ2v) is 4.81. The maximum absolute atomic E-state index is 10.8. The zero-order chi connectivity index (χ0) is 12.3. The fourth-order valence-electron chi connectivity index (χ4n) is 1.95. The molecule has 0 atom stereocenters. The lowest BCUT2D eigenvalue weighted by atomic mass is 9.88. The van der Waals surface area contributed by atoms with Gasteiger partial charge in [0.2, 0.25) is 0 Å². The van der Waals surface area contributed by atoms with Gasteiger partial charge in [-0.05, 0) is 11.6 Å². The molecule has 1 aliphatic heterocycles. The van der Waals surface area contributed by atoms with E-state index in [-0.39, 0.29) is 12.0 Å². The highest BCUT2D eigenvalue weighted by atomic mass is 35.5. The summed E-state index contributed by atoms with van der Waals surface area (Å²) in [5.41, 5.74) is 0.663. The normalized spacial score (nSPS) is 17.5. The first-order valence-corrected chi connectivity index (χ1v) is 5.90. The lowest BCUT2D eigenvalue weighted by Gasteiger charge is -2.42. The molecule has 0 amide bonds. The van der Waals surface area contributed by atoms with E-state index >= 15 is 0 Å². The predicted octanol–water partition coefficient (Wildman–Crippen LogP) is 1.25. The van der Waals surface area contributed by atoms with Gasteiger partial charge in [0.05, 0.1) is 12.0 Å². The van der Waals surface area contributed by atoms with E-state index < -0.39 is 5.97 Å². The molecule has 0 spiro atoms. The highest BCUT2D eigenvalue weighted by Crippen LogP contribution is 2.19. The molecule has 2 rings (SSSR count). The monoisotopic (exact) mass is 254 g/mol. The van der Waals surface area contributed by atoms with Gasteiger partial charge in [0, 0.05) is 24.7 Å². The van der Waals surface area contributed by atoms with Crippen LogP contribution >= 0.6 is 11.6 Å². The third kappa shape index (κ3) is 2.97. The Hall–Kier alpha value is -1.10. The Bertz CT molecular complexity index is 419. The topological polar surface area (TPSA) is 61.4 Å². The molecule has 0 saturated carbocycles. The van der Waals surface area contributed by atoms with Gasteiger partial charge in [-0.25, -0.2) is 0 Å². The first kappa shape index (κ1) is 12.4. The number of nitrogens with one attached hydrogen (secondary N) is 2. The molecule has 1 aliphatic rings. The van der Waals surface area contributed by atoms with Crippen molar-refractivity contribution in [2.45, 2.75) is 18.5 Å². The zero-order valence-corrected chi connectivity index (χ0v) is 10.1.